The lowest BCUT2D eigenvalue weighted by atomic mass is 10.0. The molecule has 6 heteroatoms. The molecular weight excluding hydrogens is 210 g/mol. The van der Waals surface area contributed by atoms with Crippen LogP contribution in [0.25, 0.3) is 0 Å². The molecule has 2 amide bonds. The Balaban J connectivity index is 1.65. The van der Waals surface area contributed by atoms with E-state index in [-0.39, 0.29) is 18.4 Å². The van der Waals surface area contributed by atoms with E-state index in [4.69, 9.17) is 4.84 Å². The lowest BCUT2D eigenvalue weighted by Crippen LogP contribution is -2.41. The molecule has 2 aliphatic heterocycles. The first-order valence-corrected chi connectivity index (χ1v) is 5.67. The van der Waals surface area contributed by atoms with Crippen LogP contribution in [-0.2, 0) is 14.4 Å². The Morgan fingerprint density at radius 1 is 1.56 bits per heavy atom. The first kappa shape index (κ1) is 11.3. The maximum atomic E-state index is 11.5. The van der Waals surface area contributed by atoms with Crippen molar-refractivity contribution in [2.75, 3.05) is 19.7 Å². The van der Waals surface area contributed by atoms with Crippen molar-refractivity contribution in [1.29, 1.82) is 0 Å². The maximum Gasteiger partial charge on any atom is 0.268 e. The van der Waals surface area contributed by atoms with Crippen LogP contribution in [0.3, 0.4) is 0 Å². The van der Waals surface area contributed by atoms with Gasteiger partial charge in [0.05, 0.1) is 0 Å². The fraction of sp³-hybridized carbons (Fsp3) is 0.800. The van der Waals surface area contributed by atoms with Crippen molar-refractivity contribution >= 4 is 11.8 Å². The zero-order valence-electron chi connectivity index (χ0n) is 9.12. The lowest BCUT2D eigenvalue weighted by Gasteiger charge is -2.10. The van der Waals surface area contributed by atoms with E-state index in [1.807, 2.05) is 0 Å². The van der Waals surface area contributed by atoms with Gasteiger partial charge in [0.1, 0.15) is 12.6 Å². The van der Waals surface area contributed by atoms with Gasteiger partial charge in [0, 0.05) is 6.42 Å². The first-order valence-electron chi connectivity index (χ1n) is 5.67. The lowest BCUT2D eigenvalue weighted by molar-refractivity contribution is -0.128. The largest absolute Gasteiger partial charge is 0.342 e. The number of carbonyl (C=O) groups excluding carboxylic acids is 2. The van der Waals surface area contributed by atoms with Gasteiger partial charge in [-0.15, -0.1) is 0 Å². The number of hydrogen-bond donors (Lipinski definition) is 3. The highest BCUT2D eigenvalue weighted by atomic mass is 16.7. The van der Waals surface area contributed by atoms with E-state index in [2.05, 4.69) is 16.1 Å². The number of hydrogen-bond acceptors (Lipinski definition) is 4. The van der Waals surface area contributed by atoms with Crippen LogP contribution in [0.1, 0.15) is 19.3 Å². The third-order valence-electron chi connectivity index (χ3n) is 3.02. The van der Waals surface area contributed by atoms with Crippen molar-refractivity contribution < 1.29 is 14.4 Å². The molecule has 0 aromatic rings. The summed E-state index contributed by atoms with van der Waals surface area (Å²) in [5, 5.41) is 5.92. The van der Waals surface area contributed by atoms with Gasteiger partial charge in [-0.3, -0.25) is 14.4 Å². The number of amides is 2. The normalized spacial score (nSPS) is 29.1. The van der Waals surface area contributed by atoms with Crippen molar-refractivity contribution in [3.63, 3.8) is 0 Å². The molecule has 0 spiro atoms. The monoisotopic (exact) mass is 227 g/mol. The molecule has 2 saturated heterocycles. The summed E-state index contributed by atoms with van der Waals surface area (Å²) in [6.07, 6.45) is 2.50. The van der Waals surface area contributed by atoms with Gasteiger partial charge < -0.3 is 10.6 Å². The molecule has 2 atom stereocenters. The summed E-state index contributed by atoms with van der Waals surface area (Å²) in [5.74, 6) is 0.257. The second-order valence-corrected chi connectivity index (χ2v) is 4.29. The minimum absolute atomic E-state index is 0.0717. The molecule has 0 saturated carbocycles. The van der Waals surface area contributed by atoms with E-state index in [1.54, 1.807) is 0 Å². The van der Waals surface area contributed by atoms with Gasteiger partial charge in [-0.2, -0.15) is 0 Å². The van der Waals surface area contributed by atoms with Gasteiger partial charge in [-0.1, -0.05) is 0 Å². The molecule has 90 valence electrons. The molecule has 0 bridgehead atoms. The van der Waals surface area contributed by atoms with Crippen molar-refractivity contribution in [1.82, 2.24) is 16.1 Å². The highest BCUT2D eigenvalue weighted by molar-refractivity contribution is 5.88. The SMILES string of the molecule is O=C(CCC1CCNC1)N[C@@H]1CONC1=O. The Morgan fingerprint density at radius 3 is 3.06 bits per heavy atom. The molecule has 2 aliphatic rings. The second-order valence-electron chi connectivity index (χ2n) is 4.29. The van der Waals surface area contributed by atoms with Crippen LogP contribution in [0, 0.1) is 5.92 Å². The van der Waals surface area contributed by atoms with Crippen molar-refractivity contribution in [3.05, 3.63) is 0 Å². The van der Waals surface area contributed by atoms with E-state index in [0.29, 0.717) is 12.3 Å². The number of carbonyl (C=O) groups is 2. The highest BCUT2D eigenvalue weighted by Crippen LogP contribution is 2.14. The van der Waals surface area contributed by atoms with Gasteiger partial charge >= 0.3 is 0 Å². The third kappa shape index (κ3) is 2.93. The van der Waals surface area contributed by atoms with Crippen LogP contribution in [0.5, 0.6) is 0 Å². The molecule has 0 aromatic carbocycles. The van der Waals surface area contributed by atoms with E-state index in [0.717, 1.165) is 25.9 Å². The summed E-state index contributed by atoms with van der Waals surface area (Å²) in [6, 6.07) is -0.519. The van der Waals surface area contributed by atoms with E-state index in [9.17, 15) is 9.59 Å². The molecule has 16 heavy (non-hydrogen) atoms. The van der Waals surface area contributed by atoms with Crippen LogP contribution in [0.2, 0.25) is 0 Å². The van der Waals surface area contributed by atoms with Gasteiger partial charge in [-0.25, -0.2) is 5.48 Å². The Morgan fingerprint density at radius 2 is 2.44 bits per heavy atom. The molecule has 2 fully saturated rings. The number of rotatable bonds is 4. The molecule has 1 unspecified atom stereocenters. The molecule has 3 N–H and O–H groups in total. The smallest absolute Gasteiger partial charge is 0.268 e. The van der Waals surface area contributed by atoms with Crippen molar-refractivity contribution in [2.45, 2.75) is 25.3 Å². The Labute approximate surface area is 94.1 Å². The topological polar surface area (TPSA) is 79.5 Å². The zero-order valence-corrected chi connectivity index (χ0v) is 9.12. The summed E-state index contributed by atoms with van der Waals surface area (Å²) in [5.41, 5.74) is 2.21. The molecule has 6 nitrogen and oxygen atoms in total. The molecule has 0 radical (unpaired) electrons. The molecule has 0 aromatic heterocycles. The van der Waals surface area contributed by atoms with Crippen LogP contribution in [0.4, 0.5) is 0 Å². The average Bonchev–Trinajstić information content (AvgIpc) is 2.88. The van der Waals surface area contributed by atoms with Gasteiger partial charge in [0.2, 0.25) is 5.91 Å². The predicted molar refractivity (Wildman–Crippen MR) is 56.2 cm³/mol. The standard InChI is InChI=1S/C10H17N3O3/c14-9(2-1-7-3-4-11-5-7)12-8-6-16-13-10(8)15/h7-8,11H,1-6H2,(H,12,14)(H,13,15)/t7?,8-/m1/s1. The maximum absolute atomic E-state index is 11.5. The van der Waals surface area contributed by atoms with Gasteiger partial charge in [0.25, 0.3) is 5.91 Å². The minimum atomic E-state index is -0.519. The van der Waals surface area contributed by atoms with E-state index >= 15 is 0 Å². The summed E-state index contributed by atoms with van der Waals surface area (Å²) < 4.78 is 0. The van der Waals surface area contributed by atoms with Crippen molar-refractivity contribution in [2.24, 2.45) is 5.92 Å². The van der Waals surface area contributed by atoms with Crippen molar-refractivity contribution in [3.8, 4) is 0 Å². The van der Waals surface area contributed by atoms with Gasteiger partial charge in [0.15, 0.2) is 0 Å². The average molecular weight is 227 g/mol. The summed E-state index contributed by atoms with van der Waals surface area (Å²) in [6.45, 7) is 2.26. The summed E-state index contributed by atoms with van der Waals surface area (Å²) in [7, 11) is 0. The van der Waals surface area contributed by atoms with Crippen LogP contribution >= 0.6 is 0 Å². The van der Waals surface area contributed by atoms with Gasteiger partial charge in [-0.05, 0) is 31.8 Å². The van der Waals surface area contributed by atoms with Crippen LogP contribution in [-0.4, -0.2) is 37.6 Å². The number of hydroxylamine groups is 1. The Hall–Kier alpha value is -1.14. The molecule has 0 aliphatic carbocycles. The zero-order chi connectivity index (χ0) is 11.4. The van der Waals surface area contributed by atoms with Crippen LogP contribution in [0.15, 0.2) is 0 Å². The Kier molecular flexibility index (Phi) is 3.74. The van der Waals surface area contributed by atoms with Crippen LogP contribution < -0.4 is 16.1 Å². The fourth-order valence-corrected chi connectivity index (χ4v) is 2.01. The fourth-order valence-electron chi connectivity index (χ4n) is 2.01. The second kappa shape index (κ2) is 5.27. The molecular formula is C10H17N3O3. The summed E-state index contributed by atoms with van der Waals surface area (Å²) >= 11 is 0. The summed E-state index contributed by atoms with van der Waals surface area (Å²) in [4.78, 5) is 27.4. The number of nitrogens with one attached hydrogen (secondary N) is 3. The van der Waals surface area contributed by atoms with E-state index < -0.39 is 6.04 Å². The first-order chi connectivity index (χ1) is 7.75. The molecule has 2 heterocycles. The minimum Gasteiger partial charge on any atom is -0.342 e. The van der Waals surface area contributed by atoms with E-state index in [1.165, 1.54) is 0 Å². The molecule has 2 rings (SSSR count). The predicted octanol–water partition coefficient (Wildman–Crippen LogP) is -1.08. The quantitative estimate of drug-likeness (QED) is 0.571. The third-order valence-corrected chi connectivity index (χ3v) is 3.02. The Bertz CT molecular complexity index is 276. The highest BCUT2D eigenvalue weighted by Gasteiger charge is 2.27.